The molecule has 0 amide bonds. The molecule has 0 spiro atoms. The van der Waals surface area contributed by atoms with Gasteiger partial charge in [-0.05, 0) is 38.8 Å². The zero-order chi connectivity index (χ0) is 14.4. The van der Waals surface area contributed by atoms with E-state index in [0.29, 0.717) is 6.04 Å². The largest absolute Gasteiger partial charge is 0.313 e. The van der Waals surface area contributed by atoms with E-state index < -0.39 is 0 Å². The predicted octanol–water partition coefficient (Wildman–Crippen LogP) is 3.49. The van der Waals surface area contributed by atoms with E-state index in [4.69, 9.17) is 0 Å². The Hall–Kier alpha value is -1.61. The molecule has 1 aromatic carbocycles. The minimum atomic E-state index is 0.376. The lowest BCUT2D eigenvalue weighted by Crippen LogP contribution is -2.16. The van der Waals surface area contributed by atoms with E-state index in [1.54, 1.807) is 0 Å². The third-order valence-electron chi connectivity index (χ3n) is 3.66. The van der Waals surface area contributed by atoms with Gasteiger partial charge in [0.25, 0.3) is 0 Å². The summed E-state index contributed by atoms with van der Waals surface area (Å²) in [5, 5.41) is 7.83. The van der Waals surface area contributed by atoms with Crippen LogP contribution in [0.2, 0.25) is 0 Å². The highest BCUT2D eigenvalue weighted by atomic mass is 15.3. The average molecular weight is 271 g/mol. The number of hydrogen-bond donors (Lipinski definition) is 1. The van der Waals surface area contributed by atoms with Crippen LogP contribution >= 0.6 is 0 Å². The quantitative estimate of drug-likeness (QED) is 0.835. The highest BCUT2D eigenvalue weighted by Crippen LogP contribution is 2.19. The van der Waals surface area contributed by atoms with Crippen molar-refractivity contribution in [3.63, 3.8) is 0 Å². The molecule has 0 saturated heterocycles. The zero-order valence-electron chi connectivity index (χ0n) is 12.8. The van der Waals surface area contributed by atoms with E-state index in [1.807, 2.05) is 17.9 Å². The first-order valence-corrected chi connectivity index (χ1v) is 7.48. The first-order valence-electron chi connectivity index (χ1n) is 7.48. The van der Waals surface area contributed by atoms with E-state index in [0.717, 1.165) is 25.8 Å². The Morgan fingerprint density at radius 1 is 1.35 bits per heavy atom. The monoisotopic (exact) mass is 271 g/mol. The maximum absolute atomic E-state index is 4.42. The summed E-state index contributed by atoms with van der Waals surface area (Å²) in [5.41, 5.74) is 4.03. The molecule has 3 nitrogen and oxygen atoms in total. The Kier molecular flexibility index (Phi) is 5.36. The van der Waals surface area contributed by atoms with Gasteiger partial charge in [-0.25, -0.2) is 0 Å². The van der Waals surface area contributed by atoms with Gasteiger partial charge in [0.1, 0.15) is 0 Å². The van der Waals surface area contributed by atoms with Crippen LogP contribution in [0, 0.1) is 6.92 Å². The molecular weight excluding hydrogens is 246 g/mol. The average Bonchev–Trinajstić information content (AvgIpc) is 2.89. The maximum atomic E-state index is 4.42. The summed E-state index contributed by atoms with van der Waals surface area (Å²) in [6, 6.07) is 9.14. The highest BCUT2D eigenvalue weighted by molar-refractivity contribution is 5.22. The van der Waals surface area contributed by atoms with Gasteiger partial charge in [-0.2, -0.15) is 5.10 Å². The molecule has 1 heterocycles. The summed E-state index contributed by atoms with van der Waals surface area (Å²) >= 11 is 0. The first kappa shape index (κ1) is 14.8. The third kappa shape index (κ3) is 3.94. The Morgan fingerprint density at radius 2 is 2.20 bits per heavy atom. The fourth-order valence-corrected chi connectivity index (χ4v) is 2.57. The summed E-state index contributed by atoms with van der Waals surface area (Å²) in [6.07, 6.45) is 7.46. The number of aryl methyl sites for hydroxylation is 3. The molecule has 1 atom stereocenters. The molecule has 3 heteroatoms. The molecule has 108 valence electrons. The summed E-state index contributed by atoms with van der Waals surface area (Å²) in [6.45, 7) is 5.32. The predicted molar refractivity (Wildman–Crippen MR) is 83.8 cm³/mol. The minimum Gasteiger partial charge on any atom is -0.313 e. The number of nitrogens with zero attached hydrogens (tertiary/aromatic N) is 2. The van der Waals surface area contributed by atoms with Crippen LogP contribution in [0.4, 0.5) is 0 Å². The van der Waals surface area contributed by atoms with Crippen LogP contribution in [0.1, 0.15) is 42.5 Å². The van der Waals surface area contributed by atoms with Gasteiger partial charge < -0.3 is 5.32 Å². The molecule has 0 aliphatic heterocycles. The van der Waals surface area contributed by atoms with Gasteiger partial charge in [0, 0.05) is 24.3 Å². The standard InChI is InChI=1S/C17H25N3/c1-4-10-20-13-16(12-19-20)17(18-3)9-8-15-7-5-6-14(2)11-15/h5-7,11-13,17-18H,4,8-10H2,1-3H3. The Morgan fingerprint density at radius 3 is 2.90 bits per heavy atom. The summed E-state index contributed by atoms with van der Waals surface area (Å²) in [7, 11) is 2.03. The van der Waals surface area contributed by atoms with Gasteiger partial charge in [0.05, 0.1) is 6.20 Å². The van der Waals surface area contributed by atoms with Crippen molar-refractivity contribution in [3.05, 3.63) is 53.3 Å². The van der Waals surface area contributed by atoms with Gasteiger partial charge in [-0.3, -0.25) is 4.68 Å². The second kappa shape index (κ2) is 7.25. The van der Waals surface area contributed by atoms with Gasteiger partial charge in [-0.1, -0.05) is 36.8 Å². The molecule has 20 heavy (non-hydrogen) atoms. The number of benzene rings is 1. The smallest absolute Gasteiger partial charge is 0.0537 e. The molecule has 0 radical (unpaired) electrons. The van der Waals surface area contributed by atoms with Crippen molar-refractivity contribution in [1.29, 1.82) is 0 Å². The van der Waals surface area contributed by atoms with Crippen molar-refractivity contribution in [2.24, 2.45) is 0 Å². The van der Waals surface area contributed by atoms with Crippen molar-refractivity contribution in [3.8, 4) is 0 Å². The van der Waals surface area contributed by atoms with Crippen molar-refractivity contribution in [2.45, 2.75) is 45.7 Å². The van der Waals surface area contributed by atoms with Crippen LogP contribution in [0.25, 0.3) is 0 Å². The van der Waals surface area contributed by atoms with E-state index >= 15 is 0 Å². The molecule has 0 saturated carbocycles. The lowest BCUT2D eigenvalue weighted by Gasteiger charge is -2.14. The second-order valence-electron chi connectivity index (χ2n) is 5.41. The van der Waals surface area contributed by atoms with Gasteiger partial charge in [-0.15, -0.1) is 0 Å². The molecule has 1 unspecified atom stereocenters. The van der Waals surface area contributed by atoms with Gasteiger partial charge in [0.2, 0.25) is 0 Å². The highest BCUT2D eigenvalue weighted by Gasteiger charge is 2.11. The maximum Gasteiger partial charge on any atom is 0.0537 e. The molecule has 0 bridgehead atoms. The molecular formula is C17H25N3. The topological polar surface area (TPSA) is 29.9 Å². The van der Waals surface area contributed by atoms with Crippen LogP contribution in [0.3, 0.4) is 0 Å². The molecule has 2 rings (SSSR count). The molecule has 0 fully saturated rings. The van der Waals surface area contributed by atoms with Crippen LogP contribution in [0.5, 0.6) is 0 Å². The lowest BCUT2D eigenvalue weighted by atomic mass is 10.0. The van der Waals surface area contributed by atoms with Crippen LogP contribution in [-0.2, 0) is 13.0 Å². The number of aromatic nitrogens is 2. The first-order chi connectivity index (χ1) is 9.72. The zero-order valence-corrected chi connectivity index (χ0v) is 12.8. The molecule has 0 aliphatic rings. The fourth-order valence-electron chi connectivity index (χ4n) is 2.57. The molecule has 2 aromatic rings. The van der Waals surface area contributed by atoms with Crippen LogP contribution < -0.4 is 5.32 Å². The summed E-state index contributed by atoms with van der Waals surface area (Å²) in [4.78, 5) is 0. The Bertz CT molecular complexity index is 531. The van der Waals surface area contributed by atoms with Crippen LogP contribution in [-0.4, -0.2) is 16.8 Å². The van der Waals surface area contributed by atoms with E-state index in [1.165, 1.54) is 16.7 Å². The summed E-state index contributed by atoms with van der Waals surface area (Å²) in [5.74, 6) is 0. The Labute approximate surface area is 122 Å². The van der Waals surface area contributed by atoms with Crippen molar-refractivity contribution < 1.29 is 0 Å². The van der Waals surface area contributed by atoms with E-state index in [-0.39, 0.29) is 0 Å². The molecule has 1 N–H and O–H groups in total. The van der Waals surface area contributed by atoms with Crippen LogP contribution in [0.15, 0.2) is 36.7 Å². The SMILES string of the molecule is CCCn1cc(C(CCc2cccc(C)c2)NC)cn1. The number of nitrogens with one attached hydrogen (secondary N) is 1. The van der Waals surface area contributed by atoms with E-state index in [2.05, 4.69) is 54.7 Å². The summed E-state index contributed by atoms with van der Waals surface area (Å²) < 4.78 is 2.03. The van der Waals surface area contributed by atoms with Crippen molar-refractivity contribution >= 4 is 0 Å². The van der Waals surface area contributed by atoms with Crippen molar-refractivity contribution in [1.82, 2.24) is 15.1 Å². The molecule has 1 aromatic heterocycles. The number of hydrogen-bond acceptors (Lipinski definition) is 2. The fraction of sp³-hybridized carbons (Fsp3) is 0.471. The lowest BCUT2D eigenvalue weighted by molar-refractivity contribution is 0.546. The molecule has 0 aliphatic carbocycles. The number of rotatable bonds is 7. The minimum absolute atomic E-state index is 0.376. The second-order valence-corrected chi connectivity index (χ2v) is 5.41. The van der Waals surface area contributed by atoms with Crippen molar-refractivity contribution in [2.75, 3.05) is 7.05 Å². The third-order valence-corrected chi connectivity index (χ3v) is 3.66. The van der Waals surface area contributed by atoms with Gasteiger partial charge in [0.15, 0.2) is 0 Å². The normalized spacial score (nSPS) is 12.6. The van der Waals surface area contributed by atoms with E-state index in [9.17, 15) is 0 Å². The Balaban J connectivity index is 1.97. The van der Waals surface area contributed by atoms with Gasteiger partial charge >= 0.3 is 0 Å².